The van der Waals surface area contributed by atoms with Crippen LogP contribution in [0.2, 0.25) is 5.02 Å². The van der Waals surface area contributed by atoms with Gasteiger partial charge in [-0.05, 0) is 24.3 Å². The van der Waals surface area contributed by atoms with Gasteiger partial charge in [0.05, 0.1) is 27.9 Å². The van der Waals surface area contributed by atoms with Gasteiger partial charge in [-0.15, -0.1) is 11.3 Å². The van der Waals surface area contributed by atoms with E-state index in [0.29, 0.717) is 28.4 Å². The maximum absolute atomic E-state index is 11.0. The molecule has 0 aliphatic rings. The molecule has 1 amide bonds. The van der Waals surface area contributed by atoms with Crippen molar-refractivity contribution in [1.29, 1.82) is 5.26 Å². The summed E-state index contributed by atoms with van der Waals surface area (Å²) in [5.41, 5.74) is 6.91. The van der Waals surface area contributed by atoms with E-state index in [9.17, 15) is 4.79 Å². The summed E-state index contributed by atoms with van der Waals surface area (Å²) in [5.74, 6) is -0.438. The Morgan fingerprint density at radius 1 is 1.47 bits per heavy atom. The van der Waals surface area contributed by atoms with E-state index < -0.39 is 5.91 Å². The van der Waals surface area contributed by atoms with Gasteiger partial charge in [0.25, 0.3) is 0 Å². The van der Waals surface area contributed by atoms with Gasteiger partial charge in [-0.1, -0.05) is 11.6 Å². The van der Waals surface area contributed by atoms with E-state index in [-0.39, 0.29) is 0 Å². The molecular formula is C13H10ClN3OS. The van der Waals surface area contributed by atoms with Crippen molar-refractivity contribution < 1.29 is 4.79 Å². The molecule has 0 fully saturated rings. The van der Waals surface area contributed by atoms with Crippen LogP contribution in [0.3, 0.4) is 0 Å². The minimum atomic E-state index is -0.438. The van der Waals surface area contributed by atoms with E-state index in [2.05, 4.69) is 11.4 Å². The lowest BCUT2D eigenvalue weighted by Gasteiger charge is -2.07. The smallest absolute Gasteiger partial charge is 0.249 e. The first-order valence-electron chi connectivity index (χ1n) is 5.41. The van der Waals surface area contributed by atoms with E-state index in [1.807, 2.05) is 0 Å². The van der Waals surface area contributed by atoms with E-state index in [4.69, 9.17) is 22.6 Å². The average Bonchev–Trinajstić information content (AvgIpc) is 2.87. The maximum atomic E-state index is 11.0. The molecule has 0 aliphatic heterocycles. The predicted octanol–water partition coefficient (Wildman–Crippen LogP) is 2.98. The topological polar surface area (TPSA) is 78.9 Å². The molecule has 6 heteroatoms. The molecule has 0 saturated carbocycles. The van der Waals surface area contributed by atoms with Crippen molar-refractivity contribution in [2.24, 2.45) is 5.73 Å². The number of nitrogens with one attached hydrogen (secondary N) is 1. The molecular weight excluding hydrogens is 282 g/mol. The largest absolute Gasteiger partial charge is 0.379 e. The minimum Gasteiger partial charge on any atom is -0.379 e. The number of halogens is 1. The van der Waals surface area contributed by atoms with Crippen molar-refractivity contribution in [2.75, 3.05) is 5.32 Å². The number of nitriles is 1. The van der Waals surface area contributed by atoms with Crippen LogP contribution in [0.25, 0.3) is 0 Å². The van der Waals surface area contributed by atoms with Gasteiger partial charge in [-0.2, -0.15) is 5.26 Å². The molecule has 0 atom stereocenters. The number of carbonyl (C=O) groups is 1. The molecule has 3 N–H and O–H groups in total. The standard InChI is InChI=1S/C13H10ClN3OS/c14-11-2-1-8(5-15)3-12(11)17-6-10-4-9(7-19-10)13(16)18/h1-4,7,17H,6H2,(H2,16,18). The van der Waals surface area contributed by atoms with Crippen molar-refractivity contribution in [2.45, 2.75) is 6.54 Å². The molecule has 0 saturated heterocycles. The highest BCUT2D eigenvalue weighted by molar-refractivity contribution is 7.10. The second-order valence-corrected chi connectivity index (χ2v) is 5.23. The summed E-state index contributed by atoms with van der Waals surface area (Å²) in [7, 11) is 0. The van der Waals surface area contributed by atoms with Crippen LogP contribution >= 0.6 is 22.9 Å². The van der Waals surface area contributed by atoms with Crippen LogP contribution in [-0.4, -0.2) is 5.91 Å². The number of hydrogen-bond acceptors (Lipinski definition) is 4. The normalized spacial score (nSPS) is 9.89. The Kier molecular flexibility index (Phi) is 4.05. The Bertz CT molecular complexity index is 660. The Morgan fingerprint density at radius 2 is 2.26 bits per heavy atom. The zero-order valence-electron chi connectivity index (χ0n) is 9.81. The minimum absolute atomic E-state index is 0.438. The molecule has 4 nitrogen and oxygen atoms in total. The summed E-state index contributed by atoms with van der Waals surface area (Å²) in [6.45, 7) is 0.520. The van der Waals surface area contributed by atoms with E-state index >= 15 is 0 Å². The molecule has 19 heavy (non-hydrogen) atoms. The molecule has 1 heterocycles. The van der Waals surface area contributed by atoms with Gasteiger partial charge in [0.2, 0.25) is 5.91 Å². The summed E-state index contributed by atoms with van der Waals surface area (Å²) in [6, 6.07) is 8.81. The van der Waals surface area contributed by atoms with Crippen molar-refractivity contribution in [3.8, 4) is 6.07 Å². The van der Waals surface area contributed by atoms with Crippen molar-refractivity contribution >= 4 is 34.5 Å². The zero-order chi connectivity index (χ0) is 13.8. The van der Waals surface area contributed by atoms with Crippen LogP contribution in [0.4, 0.5) is 5.69 Å². The van der Waals surface area contributed by atoms with Gasteiger partial charge in [-0.3, -0.25) is 4.79 Å². The molecule has 2 aromatic rings. The Labute approximate surface area is 119 Å². The van der Waals surface area contributed by atoms with Gasteiger partial charge in [0.15, 0.2) is 0 Å². The SMILES string of the molecule is N#Cc1ccc(Cl)c(NCc2cc(C(N)=O)cs2)c1. The van der Waals surface area contributed by atoms with Gasteiger partial charge in [0.1, 0.15) is 0 Å². The third kappa shape index (κ3) is 3.25. The van der Waals surface area contributed by atoms with Crippen LogP contribution in [0.5, 0.6) is 0 Å². The molecule has 1 aromatic carbocycles. The highest BCUT2D eigenvalue weighted by Crippen LogP contribution is 2.24. The first-order chi connectivity index (χ1) is 9.10. The number of thiophene rings is 1. The van der Waals surface area contributed by atoms with Crippen molar-refractivity contribution in [3.05, 3.63) is 50.7 Å². The fraction of sp³-hybridized carbons (Fsp3) is 0.0769. The van der Waals surface area contributed by atoms with Crippen LogP contribution in [-0.2, 0) is 6.54 Å². The molecule has 2 rings (SSSR count). The summed E-state index contributed by atoms with van der Waals surface area (Å²) in [6.07, 6.45) is 0. The third-order valence-electron chi connectivity index (χ3n) is 2.49. The van der Waals surface area contributed by atoms with E-state index in [0.717, 1.165) is 4.88 Å². The summed E-state index contributed by atoms with van der Waals surface area (Å²) < 4.78 is 0. The molecule has 1 aromatic heterocycles. The van der Waals surface area contributed by atoms with Gasteiger partial charge >= 0.3 is 0 Å². The van der Waals surface area contributed by atoms with Crippen LogP contribution in [0.1, 0.15) is 20.8 Å². The van der Waals surface area contributed by atoms with E-state index in [1.54, 1.807) is 29.6 Å². The number of carbonyl (C=O) groups excluding carboxylic acids is 1. The fourth-order valence-corrected chi connectivity index (χ4v) is 2.51. The second-order valence-electron chi connectivity index (χ2n) is 3.83. The molecule has 0 bridgehead atoms. The summed E-state index contributed by atoms with van der Waals surface area (Å²) in [5, 5.41) is 14.2. The molecule has 0 unspecified atom stereocenters. The summed E-state index contributed by atoms with van der Waals surface area (Å²) in [4.78, 5) is 11.9. The Hall–Kier alpha value is -2.03. The molecule has 0 radical (unpaired) electrons. The van der Waals surface area contributed by atoms with Gasteiger partial charge in [0, 0.05) is 16.8 Å². The highest BCUT2D eigenvalue weighted by Gasteiger charge is 2.06. The lowest BCUT2D eigenvalue weighted by Crippen LogP contribution is -2.09. The van der Waals surface area contributed by atoms with Crippen molar-refractivity contribution in [3.63, 3.8) is 0 Å². The average molecular weight is 292 g/mol. The Morgan fingerprint density at radius 3 is 2.89 bits per heavy atom. The van der Waals surface area contributed by atoms with Crippen LogP contribution in [0.15, 0.2) is 29.6 Å². The second kappa shape index (κ2) is 5.74. The fourth-order valence-electron chi connectivity index (χ4n) is 1.52. The quantitative estimate of drug-likeness (QED) is 0.909. The lowest BCUT2D eigenvalue weighted by atomic mass is 10.2. The Balaban J connectivity index is 2.09. The maximum Gasteiger partial charge on any atom is 0.249 e. The summed E-state index contributed by atoms with van der Waals surface area (Å²) >= 11 is 7.47. The molecule has 0 spiro atoms. The molecule has 0 aliphatic carbocycles. The predicted molar refractivity (Wildman–Crippen MR) is 76.3 cm³/mol. The lowest BCUT2D eigenvalue weighted by molar-refractivity contribution is 0.100. The monoisotopic (exact) mass is 291 g/mol. The molecule has 96 valence electrons. The number of benzene rings is 1. The van der Waals surface area contributed by atoms with E-state index in [1.165, 1.54) is 11.3 Å². The van der Waals surface area contributed by atoms with Gasteiger partial charge < -0.3 is 11.1 Å². The third-order valence-corrected chi connectivity index (χ3v) is 3.75. The zero-order valence-corrected chi connectivity index (χ0v) is 11.4. The number of rotatable bonds is 4. The van der Waals surface area contributed by atoms with Crippen molar-refractivity contribution in [1.82, 2.24) is 0 Å². The van der Waals surface area contributed by atoms with Crippen LogP contribution in [0, 0.1) is 11.3 Å². The number of hydrogen-bond donors (Lipinski definition) is 2. The first kappa shape index (κ1) is 13.4. The van der Waals surface area contributed by atoms with Gasteiger partial charge in [-0.25, -0.2) is 0 Å². The number of amides is 1. The number of anilines is 1. The first-order valence-corrected chi connectivity index (χ1v) is 6.66. The number of nitrogens with two attached hydrogens (primary N) is 1. The van der Waals surface area contributed by atoms with Crippen LogP contribution < -0.4 is 11.1 Å². The highest BCUT2D eigenvalue weighted by atomic mass is 35.5. The number of nitrogens with zero attached hydrogens (tertiary/aromatic N) is 1. The number of primary amides is 1.